The van der Waals surface area contributed by atoms with E-state index in [9.17, 15) is 9.67 Å². The molecule has 0 saturated heterocycles. The van der Waals surface area contributed by atoms with E-state index in [1.165, 1.54) is 83.1 Å². The maximum atomic E-state index is 10.9. The van der Waals surface area contributed by atoms with E-state index in [-0.39, 0.29) is 0 Å². The van der Waals surface area contributed by atoms with Crippen LogP contribution in [0.25, 0.3) is 0 Å². The number of hydrogen-bond acceptors (Lipinski definition) is 4. The highest BCUT2D eigenvalue weighted by Gasteiger charge is 2.25. The minimum Gasteiger partial charge on any atom is -0.394 e. The van der Waals surface area contributed by atoms with Gasteiger partial charge in [-0.3, -0.25) is 4.52 Å². The molecule has 7 heteroatoms. The van der Waals surface area contributed by atoms with Gasteiger partial charge in [-0.1, -0.05) is 103 Å². The Balaban J connectivity index is 3.54. The van der Waals surface area contributed by atoms with Crippen LogP contribution in [0.3, 0.4) is 0 Å². The van der Waals surface area contributed by atoms with Crippen LogP contribution in [0.4, 0.5) is 0 Å². The van der Waals surface area contributed by atoms with Gasteiger partial charge in [0, 0.05) is 0 Å². The van der Waals surface area contributed by atoms with E-state index in [1.54, 1.807) is 6.08 Å². The van der Waals surface area contributed by atoms with Gasteiger partial charge in [0.05, 0.1) is 6.61 Å². The Hall–Kier alpha value is -0.230. The highest BCUT2D eigenvalue weighted by atomic mass is 31.2. The van der Waals surface area contributed by atoms with Crippen molar-refractivity contribution in [1.29, 1.82) is 0 Å². The van der Waals surface area contributed by atoms with Crippen LogP contribution < -0.4 is 0 Å². The summed E-state index contributed by atoms with van der Waals surface area (Å²) in [7, 11) is -4.70. The summed E-state index contributed by atoms with van der Waals surface area (Å²) in [5.74, 6) is 0. The lowest BCUT2D eigenvalue weighted by Gasteiger charge is -2.18. The summed E-state index contributed by atoms with van der Waals surface area (Å²) in [5, 5.41) is 18.5. The third-order valence-electron chi connectivity index (χ3n) is 4.88. The van der Waals surface area contributed by atoms with Crippen molar-refractivity contribution in [2.24, 2.45) is 0 Å². The molecule has 0 amide bonds. The Morgan fingerprint density at radius 1 is 0.821 bits per heavy atom. The largest absolute Gasteiger partial charge is 0.470 e. The molecule has 0 saturated carbocycles. The third kappa shape index (κ3) is 19.1. The molecule has 2 atom stereocenters. The molecule has 0 bridgehead atoms. The first-order valence-electron chi connectivity index (χ1n) is 11.1. The molecule has 0 heterocycles. The molecule has 0 rings (SSSR count). The molecule has 0 aromatic rings. The number of aliphatic hydroxyl groups is 2. The maximum absolute atomic E-state index is 10.9. The number of hydrogen-bond donors (Lipinski definition) is 4. The van der Waals surface area contributed by atoms with E-state index < -0.39 is 26.6 Å². The van der Waals surface area contributed by atoms with Crippen LogP contribution in [-0.2, 0) is 9.09 Å². The zero-order chi connectivity index (χ0) is 21.1. The van der Waals surface area contributed by atoms with Crippen molar-refractivity contribution in [2.75, 3.05) is 6.61 Å². The highest BCUT2D eigenvalue weighted by molar-refractivity contribution is 7.46. The maximum Gasteiger partial charge on any atom is 0.470 e. The molecule has 2 unspecified atom stereocenters. The van der Waals surface area contributed by atoms with Gasteiger partial charge in [-0.05, 0) is 12.8 Å². The molecule has 0 aromatic heterocycles. The van der Waals surface area contributed by atoms with Crippen LogP contribution in [0.5, 0.6) is 0 Å². The molecule has 0 fully saturated rings. The lowest BCUT2D eigenvalue weighted by Crippen LogP contribution is -2.29. The molecule has 4 N–H and O–H groups in total. The summed E-state index contributed by atoms with van der Waals surface area (Å²) in [6, 6.07) is 0. The standard InChI is InChI=1S/C21H43O6P/c1-2-3-4-5-6-7-8-9-10-11-12-13-14-15-16-17-18-21(20(23)19-22)27-28(24,25)26/h17-18,20-23H,2-16,19H2,1H3,(H2,24,25,26). The van der Waals surface area contributed by atoms with Crippen LogP contribution >= 0.6 is 7.82 Å². The molecule has 0 spiro atoms. The average molecular weight is 423 g/mol. The predicted octanol–water partition coefficient (Wildman–Crippen LogP) is 5.25. The first-order chi connectivity index (χ1) is 13.4. The fourth-order valence-electron chi connectivity index (χ4n) is 3.18. The van der Waals surface area contributed by atoms with Gasteiger partial charge >= 0.3 is 7.82 Å². The molecule has 0 aliphatic carbocycles. The summed E-state index contributed by atoms with van der Waals surface area (Å²) in [5.41, 5.74) is 0. The minimum absolute atomic E-state index is 0.617. The first kappa shape index (κ1) is 27.8. The summed E-state index contributed by atoms with van der Waals surface area (Å²) < 4.78 is 15.4. The van der Waals surface area contributed by atoms with E-state index in [0.717, 1.165) is 19.3 Å². The van der Waals surface area contributed by atoms with Crippen molar-refractivity contribution in [3.8, 4) is 0 Å². The van der Waals surface area contributed by atoms with Gasteiger partial charge < -0.3 is 20.0 Å². The van der Waals surface area contributed by atoms with Gasteiger partial charge in [-0.15, -0.1) is 0 Å². The Morgan fingerprint density at radius 3 is 1.64 bits per heavy atom. The van der Waals surface area contributed by atoms with Crippen molar-refractivity contribution < 1.29 is 29.1 Å². The Bertz CT molecular complexity index is 410. The van der Waals surface area contributed by atoms with E-state index in [0.29, 0.717) is 0 Å². The van der Waals surface area contributed by atoms with Crippen LogP contribution in [0.2, 0.25) is 0 Å². The number of phosphoric acid groups is 1. The van der Waals surface area contributed by atoms with Gasteiger partial charge in [-0.25, -0.2) is 4.57 Å². The smallest absolute Gasteiger partial charge is 0.394 e. The number of aliphatic hydroxyl groups excluding tert-OH is 2. The minimum atomic E-state index is -4.70. The SMILES string of the molecule is CCCCCCCCCCCCCCCCC=CC(OP(=O)(O)O)C(O)CO. The van der Waals surface area contributed by atoms with Crippen LogP contribution in [0.15, 0.2) is 12.2 Å². The van der Waals surface area contributed by atoms with Gasteiger partial charge in [0.1, 0.15) is 12.2 Å². The molecule has 0 aliphatic heterocycles. The van der Waals surface area contributed by atoms with E-state index >= 15 is 0 Å². The molecular formula is C21H43O6P. The van der Waals surface area contributed by atoms with Gasteiger partial charge in [-0.2, -0.15) is 0 Å². The second-order valence-corrected chi connectivity index (χ2v) is 8.82. The fraction of sp³-hybridized carbons (Fsp3) is 0.905. The quantitative estimate of drug-likeness (QED) is 0.121. The van der Waals surface area contributed by atoms with E-state index in [4.69, 9.17) is 14.9 Å². The topological polar surface area (TPSA) is 107 Å². The summed E-state index contributed by atoms with van der Waals surface area (Å²) in [6.07, 6.45) is 19.6. The lowest BCUT2D eigenvalue weighted by molar-refractivity contribution is 0.00821. The average Bonchev–Trinajstić information content (AvgIpc) is 2.65. The molecule has 28 heavy (non-hydrogen) atoms. The number of phosphoric ester groups is 1. The van der Waals surface area contributed by atoms with Crippen molar-refractivity contribution in [2.45, 2.75) is 115 Å². The Morgan fingerprint density at radius 2 is 1.25 bits per heavy atom. The zero-order valence-electron chi connectivity index (χ0n) is 17.7. The van der Waals surface area contributed by atoms with Crippen LogP contribution in [0, 0.1) is 0 Å². The van der Waals surface area contributed by atoms with E-state index in [1.807, 2.05) is 0 Å². The fourth-order valence-corrected chi connectivity index (χ4v) is 3.71. The summed E-state index contributed by atoms with van der Waals surface area (Å²) >= 11 is 0. The summed E-state index contributed by atoms with van der Waals surface area (Å²) in [4.78, 5) is 17.7. The van der Waals surface area contributed by atoms with Gasteiger partial charge in [0.25, 0.3) is 0 Å². The Kier molecular flexibility index (Phi) is 18.6. The first-order valence-corrected chi connectivity index (χ1v) is 12.6. The zero-order valence-corrected chi connectivity index (χ0v) is 18.6. The third-order valence-corrected chi connectivity index (χ3v) is 5.39. The normalized spacial score (nSPS) is 14.6. The second-order valence-electron chi connectivity index (χ2n) is 7.62. The lowest BCUT2D eigenvalue weighted by atomic mass is 10.0. The van der Waals surface area contributed by atoms with Gasteiger partial charge in [0.15, 0.2) is 0 Å². The van der Waals surface area contributed by atoms with Crippen molar-refractivity contribution in [1.82, 2.24) is 0 Å². The number of unbranched alkanes of at least 4 members (excludes halogenated alkanes) is 14. The number of rotatable bonds is 20. The summed E-state index contributed by atoms with van der Waals surface area (Å²) in [6.45, 7) is 1.63. The molecule has 0 aromatic carbocycles. The van der Waals surface area contributed by atoms with Crippen molar-refractivity contribution in [3.05, 3.63) is 12.2 Å². The molecule has 6 nitrogen and oxygen atoms in total. The van der Waals surface area contributed by atoms with Gasteiger partial charge in [0.2, 0.25) is 0 Å². The molecule has 168 valence electrons. The van der Waals surface area contributed by atoms with E-state index in [2.05, 4.69) is 11.4 Å². The number of allylic oxidation sites excluding steroid dienone is 1. The monoisotopic (exact) mass is 422 g/mol. The van der Waals surface area contributed by atoms with Crippen molar-refractivity contribution >= 4 is 7.82 Å². The van der Waals surface area contributed by atoms with Crippen LogP contribution in [0.1, 0.15) is 103 Å². The molecule has 0 radical (unpaired) electrons. The second kappa shape index (κ2) is 18.8. The van der Waals surface area contributed by atoms with Crippen LogP contribution in [-0.4, -0.2) is 38.8 Å². The Labute approximate surface area is 171 Å². The highest BCUT2D eigenvalue weighted by Crippen LogP contribution is 2.38. The predicted molar refractivity (Wildman–Crippen MR) is 114 cm³/mol. The van der Waals surface area contributed by atoms with Crippen molar-refractivity contribution in [3.63, 3.8) is 0 Å². The molecule has 0 aliphatic rings. The molecular weight excluding hydrogens is 379 g/mol.